The van der Waals surface area contributed by atoms with Crippen LogP contribution in [0.1, 0.15) is 51.4 Å². The molecule has 0 aromatic rings. The molecule has 0 spiro atoms. The van der Waals surface area contributed by atoms with Gasteiger partial charge in [0.05, 0.1) is 6.04 Å². The van der Waals surface area contributed by atoms with Gasteiger partial charge in [0, 0.05) is 12.5 Å². The van der Waals surface area contributed by atoms with Crippen molar-refractivity contribution in [2.24, 2.45) is 17.6 Å². The smallest absolute Gasteiger partial charge is 0.405 e. The number of carbonyl (C=O) groups is 4. The number of amides is 3. The van der Waals surface area contributed by atoms with E-state index < -0.39 is 24.1 Å². The van der Waals surface area contributed by atoms with Gasteiger partial charge < -0.3 is 25.9 Å². The summed E-state index contributed by atoms with van der Waals surface area (Å²) in [5, 5.41) is 5.29. The highest BCUT2D eigenvalue weighted by molar-refractivity contribution is 5.86. The number of primary amides is 1. The number of nitrogens with two attached hydrogens (primary N) is 1. The summed E-state index contributed by atoms with van der Waals surface area (Å²) in [6.45, 7) is 0.581. The van der Waals surface area contributed by atoms with Crippen LogP contribution in [0, 0.1) is 11.8 Å². The lowest BCUT2D eigenvalue weighted by Gasteiger charge is -2.26. The van der Waals surface area contributed by atoms with Crippen molar-refractivity contribution in [1.82, 2.24) is 10.6 Å². The van der Waals surface area contributed by atoms with E-state index in [0.29, 0.717) is 31.6 Å². The number of hydrogen-bond donors (Lipinski definition) is 3. The number of hydrogen-bond acceptors (Lipinski definition) is 5. The molecule has 0 radical (unpaired) electrons. The van der Waals surface area contributed by atoms with Crippen molar-refractivity contribution >= 4 is 24.2 Å². The first-order valence-electron chi connectivity index (χ1n) is 8.99. The zero-order chi connectivity index (χ0) is 18.2. The molecule has 2 fully saturated rings. The third-order valence-electron chi connectivity index (χ3n) is 5.02. The van der Waals surface area contributed by atoms with Gasteiger partial charge in [-0.15, -0.1) is 0 Å². The molecule has 4 N–H and O–H groups in total. The molecule has 0 aromatic heterocycles. The largest absolute Gasteiger partial charge is 0.436 e. The second-order valence-electron chi connectivity index (χ2n) is 6.93. The van der Waals surface area contributed by atoms with Crippen LogP contribution < -0.4 is 16.4 Å². The topological polar surface area (TPSA) is 128 Å². The van der Waals surface area contributed by atoms with E-state index in [0.717, 1.165) is 25.7 Å². The monoisotopic (exact) mass is 353 g/mol. The standard InChI is InChI=1S/C17H27N3O5/c18-17(24)25-14(8-11-4-2-1-3-5-11)16(23)20-13(10-21)9-12-6-7-19-15(12)22/h10-14H,1-9H2,(H2,18,24)(H,19,22)(H,20,23)/t12-,13-,14-/m0/s1. The lowest BCUT2D eigenvalue weighted by atomic mass is 9.85. The van der Waals surface area contributed by atoms with E-state index in [4.69, 9.17) is 10.5 Å². The predicted molar refractivity (Wildman–Crippen MR) is 89.4 cm³/mol. The molecule has 140 valence electrons. The van der Waals surface area contributed by atoms with Gasteiger partial charge >= 0.3 is 6.09 Å². The summed E-state index contributed by atoms with van der Waals surface area (Å²) in [5.74, 6) is -0.614. The molecule has 8 heteroatoms. The summed E-state index contributed by atoms with van der Waals surface area (Å²) in [4.78, 5) is 46.5. The molecule has 2 aliphatic rings. The van der Waals surface area contributed by atoms with E-state index >= 15 is 0 Å². The van der Waals surface area contributed by atoms with E-state index in [1.807, 2.05) is 0 Å². The molecule has 3 atom stereocenters. The van der Waals surface area contributed by atoms with E-state index in [1.165, 1.54) is 6.42 Å². The fourth-order valence-electron chi connectivity index (χ4n) is 3.68. The summed E-state index contributed by atoms with van der Waals surface area (Å²) < 4.78 is 4.98. The first-order valence-corrected chi connectivity index (χ1v) is 8.99. The molecular weight excluding hydrogens is 326 g/mol. The number of ether oxygens (including phenoxy) is 1. The molecular formula is C17H27N3O5. The SMILES string of the molecule is NC(=O)O[C@@H](CC1CCCCC1)C(=O)N[C@H](C=O)C[C@@H]1CCNC1=O. The molecule has 1 saturated carbocycles. The average molecular weight is 353 g/mol. The Morgan fingerprint density at radius 1 is 1.24 bits per heavy atom. The fourth-order valence-corrected chi connectivity index (χ4v) is 3.68. The Bertz CT molecular complexity index is 505. The quantitative estimate of drug-likeness (QED) is 0.552. The number of rotatable bonds is 8. The third-order valence-corrected chi connectivity index (χ3v) is 5.02. The van der Waals surface area contributed by atoms with E-state index in [1.54, 1.807) is 0 Å². The molecule has 3 amide bonds. The lowest BCUT2D eigenvalue weighted by Crippen LogP contribution is -2.46. The Balaban J connectivity index is 1.92. The Kier molecular flexibility index (Phi) is 7.21. The summed E-state index contributed by atoms with van der Waals surface area (Å²) in [5.41, 5.74) is 5.09. The molecule has 1 heterocycles. The van der Waals surface area contributed by atoms with Crippen molar-refractivity contribution in [3.63, 3.8) is 0 Å². The molecule has 25 heavy (non-hydrogen) atoms. The van der Waals surface area contributed by atoms with Crippen LogP contribution in [0.5, 0.6) is 0 Å². The molecule has 1 saturated heterocycles. The molecule has 0 aromatic carbocycles. The van der Waals surface area contributed by atoms with Crippen molar-refractivity contribution < 1.29 is 23.9 Å². The van der Waals surface area contributed by atoms with Crippen LogP contribution in [-0.4, -0.2) is 42.9 Å². The predicted octanol–water partition coefficient (Wildman–Crippen LogP) is 0.631. The van der Waals surface area contributed by atoms with Gasteiger partial charge in [0.2, 0.25) is 5.91 Å². The van der Waals surface area contributed by atoms with E-state index in [2.05, 4.69) is 10.6 Å². The van der Waals surface area contributed by atoms with Crippen molar-refractivity contribution in [1.29, 1.82) is 0 Å². The minimum atomic E-state index is -1.01. The van der Waals surface area contributed by atoms with Crippen LogP contribution in [0.2, 0.25) is 0 Å². The van der Waals surface area contributed by atoms with Gasteiger partial charge in [-0.1, -0.05) is 32.1 Å². The van der Waals surface area contributed by atoms with Crippen LogP contribution in [0.25, 0.3) is 0 Å². The lowest BCUT2D eigenvalue weighted by molar-refractivity contribution is -0.133. The first-order chi connectivity index (χ1) is 12.0. The van der Waals surface area contributed by atoms with Crippen molar-refractivity contribution in [2.75, 3.05) is 6.54 Å². The van der Waals surface area contributed by atoms with Gasteiger partial charge in [-0.3, -0.25) is 9.59 Å². The Hall–Kier alpha value is -2.12. The van der Waals surface area contributed by atoms with Crippen molar-refractivity contribution in [3.05, 3.63) is 0 Å². The van der Waals surface area contributed by atoms with Gasteiger partial charge in [0.25, 0.3) is 5.91 Å². The molecule has 8 nitrogen and oxygen atoms in total. The van der Waals surface area contributed by atoms with Gasteiger partial charge in [0.1, 0.15) is 6.29 Å². The molecule has 0 unspecified atom stereocenters. The molecule has 2 rings (SSSR count). The highest BCUT2D eigenvalue weighted by Crippen LogP contribution is 2.28. The molecule has 1 aliphatic carbocycles. The van der Waals surface area contributed by atoms with Crippen LogP contribution in [0.4, 0.5) is 4.79 Å². The maximum absolute atomic E-state index is 12.5. The molecule has 1 aliphatic heterocycles. The third kappa shape index (κ3) is 6.03. The van der Waals surface area contributed by atoms with Gasteiger partial charge in [-0.05, 0) is 25.2 Å². The minimum Gasteiger partial charge on any atom is -0.436 e. The Labute approximate surface area is 147 Å². The summed E-state index contributed by atoms with van der Waals surface area (Å²) >= 11 is 0. The normalized spacial score (nSPS) is 23.4. The van der Waals surface area contributed by atoms with Gasteiger partial charge in [0.15, 0.2) is 6.10 Å². The highest BCUT2D eigenvalue weighted by Gasteiger charge is 2.31. The average Bonchev–Trinajstić information content (AvgIpc) is 2.99. The maximum atomic E-state index is 12.5. The van der Waals surface area contributed by atoms with Crippen LogP contribution >= 0.6 is 0 Å². The number of aldehydes is 1. The zero-order valence-electron chi connectivity index (χ0n) is 14.4. The molecule has 0 bridgehead atoms. The van der Waals surface area contributed by atoms with Gasteiger partial charge in [-0.2, -0.15) is 0 Å². The summed E-state index contributed by atoms with van der Waals surface area (Å²) in [7, 11) is 0. The van der Waals surface area contributed by atoms with Crippen molar-refractivity contribution in [2.45, 2.75) is 63.5 Å². The number of nitrogens with one attached hydrogen (secondary N) is 2. The second kappa shape index (κ2) is 9.39. The van der Waals surface area contributed by atoms with E-state index in [9.17, 15) is 19.2 Å². The highest BCUT2D eigenvalue weighted by atomic mass is 16.6. The van der Waals surface area contributed by atoms with Crippen molar-refractivity contribution in [3.8, 4) is 0 Å². The first kappa shape index (κ1) is 19.2. The Morgan fingerprint density at radius 3 is 2.52 bits per heavy atom. The van der Waals surface area contributed by atoms with Crippen LogP contribution in [0.3, 0.4) is 0 Å². The summed E-state index contributed by atoms with van der Waals surface area (Å²) in [6, 6.07) is -0.785. The Morgan fingerprint density at radius 2 is 1.96 bits per heavy atom. The van der Waals surface area contributed by atoms with Crippen LogP contribution in [-0.2, 0) is 19.1 Å². The zero-order valence-corrected chi connectivity index (χ0v) is 14.4. The number of carbonyl (C=O) groups excluding carboxylic acids is 4. The minimum absolute atomic E-state index is 0.103. The van der Waals surface area contributed by atoms with Gasteiger partial charge in [-0.25, -0.2) is 4.79 Å². The van der Waals surface area contributed by atoms with E-state index in [-0.39, 0.29) is 18.2 Å². The summed E-state index contributed by atoms with van der Waals surface area (Å²) in [6.07, 6.45) is 5.27. The fraction of sp³-hybridized carbons (Fsp3) is 0.765. The van der Waals surface area contributed by atoms with Crippen LogP contribution in [0.15, 0.2) is 0 Å². The maximum Gasteiger partial charge on any atom is 0.405 e. The second-order valence-corrected chi connectivity index (χ2v) is 6.93.